The summed E-state index contributed by atoms with van der Waals surface area (Å²) < 4.78 is 38.8. The molecule has 0 amide bonds. The fourth-order valence-electron chi connectivity index (χ4n) is 4.09. The van der Waals surface area contributed by atoms with Crippen molar-refractivity contribution in [3.63, 3.8) is 0 Å². The minimum absolute atomic E-state index is 0.0284. The number of morpholine rings is 1. The van der Waals surface area contributed by atoms with Gasteiger partial charge in [0.15, 0.2) is 0 Å². The largest absolute Gasteiger partial charge is 0.495 e. The monoisotopic (exact) mass is 462 g/mol. The van der Waals surface area contributed by atoms with Crippen molar-refractivity contribution >= 4 is 27.1 Å². The summed E-state index contributed by atoms with van der Waals surface area (Å²) >= 11 is 0. The maximum absolute atomic E-state index is 13.4. The van der Waals surface area contributed by atoms with Gasteiger partial charge in [-0.3, -0.25) is 10.1 Å². The van der Waals surface area contributed by atoms with E-state index in [4.69, 9.17) is 9.47 Å². The van der Waals surface area contributed by atoms with Crippen LogP contribution in [-0.2, 0) is 14.8 Å². The topological polar surface area (TPSA) is 105 Å². The van der Waals surface area contributed by atoms with Gasteiger partial charge in [-0.2, -0.15) is 4.31 Å². The number of para-hydroxylation sites is 2. The lowest BCUT2D eigenvalue weighted by atomic mass is 10.2. The quantitative estimate of drug-likeness (QED) is 0.474. The van der Waals surface area contributed by atoms with Gasteiger partial charge in [0, 0.05) is 51.4 Å². The number of methoxy groups -OCH3 is 1. The molecule has 0 aromatic heterocycles. The molecule has 2 heterocycles. The molecule has 2 aliphatic heterocycles. The maximum Gasteiger partial charge on any atom is 0.270 e. The smallest absolute Gasteiger partial charge is 0.270 e. The summed E-state index contributed by atoms with van der Waals surface area (Å²) in [6.45, 7) is 3.53. The SMILES string of the molecule is COc1ccccc1N1CCN(c2ccc([N+](=O)[O-])cc2S(=O)(=O)N2CCOCC2)CC1. The third-order valence-corrected chi connectivity index (χ3v) is 7.72. The second-order valence-corrected chi connectivity index (χ2v) is 9.48. The Labute approximate surface area is 187 Å². The van der Waals surface area contributed by atoms with Crippen LogP contribution in [0.5, 0.6) is 5.75 Å². The molecule has 0 atom stereocenters. The first-order valence-corrected chi connectivity index (χ1v) is 11.8. The highest BCUT2D eigenvalue weighted by molar-refractivity contribution is 7.89. The molecule has 32 heavy (non-hydrogen) atoms. The lowest BCUT2D eigenvalue weighted by Crippen LogP contribution is -2.47. The molecule has 0 radical (unpaired) electrons. The average Bonchev–Trinajstić information content (AvgIpc) is 2.84. The van der Waals surface area contributed by atoms with Crippen molar-refractivity contribution in [3.05, 3.63) is 52.6 Å². The lowest BCUT2D eigenvalue weighted by Gasteiger charge is -2.38. The molecule has 4 rings (SSSR count). The predicted octanol–water partition coefficient (Wildman–Crippen LogP) is 1.95. The summed E-state index contributed by atoms with van der Waals surface area (Å²) in [4.78, 5) is 14.9. The Morgan fingerprint density at radius 3 is 2.19 bits per heavy atom. The van der Waals surface area contributed by atoms with Crippen LogP contribution in [-0.4, -0.2) is 77.2 Å². The Morgan fingerprint density at radius 1 is 0.938 bits per heavy atom. The number of rotatable bonds is 6. The van der Waals surface area contributed by atoms with Crippen LogP contribution in [0.1, 0.15) is 0 Å². The molecular formula is C21H26N4O6S. The molecule has 0 unspecified atom stereocenters. The van der Waals surface area contributed by atoms with Crippen molar-refractivity contribution in [1.82, 2.24) is 4.31 Å². The molecule has 2 saturated heterocycles. The van der Waals surface area contributed by atoms with Gasteiger partial charge in [-0.15, -0.1) is 0 Å². The van der Waals surface area contributed by atoms with Crippen LogP contribution < -0.4 is 14.5 Å². The van der Waals surface area contributed by atoms with Crippen LogP contribution in [0, 0.1) is 10.1 Å². The van der Waals surface area contributed by atoms with Gasteiger partial charge >= 0.3 is 0 Å². The summed E-state index contributed by atoms with van der Waals surface area (Å²) in [6.07, 6.45) is 0. The van der Waals surface area contributed by atoms with Gasteiger partial charge in [0.1, 0.15) is 10.6 Å². The molecule has 2 aromatic rings. The first-order chi connectivity index (χ1) is 15.4. The number of hydrogen-bond acceptors (Lipinski definition) is 8. The van der Waals surface area contributed by atoms with Crippen molar-refractivity contribution in [3.8, 4) is 5.75 Å². The molecule has 2 aromatic carbocycles. The molecule has 2 aliphatic rings. The zero-order chi connectivity index (χ0) is 22.7. The minimum Gasteiger partial charge on any atom is -0.495 e. The molecule has 2 fully saturated rings. The number of benzene rings is 2. The molecular weight excluding hydrogens is 436 g/mol. The van der Waals surface area contributed by atoms with E-state index in [-0.39, 0.29) is 23.7 Å². The van der Waals surface area contributed by atoms with Gasteiger partial charge in [-0.05, 0) is 18.2 Å². The number of anilines is 2. The van der Waals surface area contributed by atoms with Crippen molar-refractivity contribution in [2.75, 3.05) is 69.4 Å². The van der Waals surface area contributed by atoms with Crippen LogP contribution in [0.2, 0.25) is 0 Å². The Balaban J connectivity index is 1.62. The number of hydrogen-bond donors (Lipinski definition) is 0. The third kappa shape index (κ3) is 4.36. The number of nitrogens with zero attached hydrogens (tertiary/aromatic N) is 4. The number of non-ortho nitro benzene ring substituents is 1. The van der Waals surface area contributed by atoms with E-state index >= 15 is 0 Å². The van der Waals surface area contributed by atoms with E-state index in [2.05, 4.69) is 4.90 Å². The van der Waals surface area contributed by atoms with Gasteiger partial charge in [0.05, 0.1) is 36.6 Å². The second kappa shape index (κ2) is 9.31. The summed E-state index contributed by atoms with van der Waals surface area (Å²) in [7, 11) is -2.27. The van der Waals surface area contributed by atoms with Gasteiger partial charge in [-0.25, -0.2) is 8.42 Å². The summed E-state index contributed by atoms with van der Waals surface area (Å²) in [5.74, 6) is 0.784. The number of nitro benzene ring substituents is 1. The van der Waals surface area contributed by atoms with Gasteiger partial charge < -0.3 is 19.3 Å². The highest BCUT2D eigenvalue weighted by atomic mass is 32.2. The first kappa shape index (κ1) is 22.3. The lowest BCUT2D eigenvalue weighted by molar-refractivity contribution is -0.385. The Morgan fingerprint density at radius 2 is 1.56 bits per heavy atom. The van der Waals surface area contributed by atoms with E-state index in [1.165, 1.54) is 16.4 Å². The molecule has 0 bridgehead atoms. The van der Waals surface area contributed by atoms with E-state index in [0.29, 0.717) is 45.1 Å². The zero-order valence-electron chi connectivity index (χ0n) is 17.8. The van der Waals surface area contributed by atoms with Crippen molar-refractivity contribution in [1.29, 1.82) is 0 Å². The molecule has 0 spiro atoms. The van der Waals surface area contributed by atoms with Crippen molar-refractivity contribution < 1.29 is 22.8 Å². The molecule has 11 heteroatoms. The first-order valence-electron chi connectivity index (χ1n) is 10.4. The van der Waals surface area contributed by atoms with Crippen LogP contribution >= 0.6 is 0 Å². The fraction of sp³-hybridized carbons (Fsp3) is 0.429. The maximum atomic E-state index is 13.4. The van der Waals surface area contributed by atoms with Crippen LogP contribution in [0.15, 0.2) is 47.4 Å². The highest BCUT2D eigenvalue weighted by Crippen LogP contribution is 2.34. The van der Waals surface area contributed by atoms with Crippen LogP contribution in [0.3, 0.4) is 0 Å². The van der Waals surface area contributed by atoms with Crippen LogP contribution in [0.25, 0.3) is 0 Å². The highest BCUT2D eigenvalue weighted by Gasteiger charge is 2.33. The molecule has 172 valence electrons. The Bertz CT molecular complexity index is 1080. The third-order valence-electron chi connectivity index (χ3n) is 5.79. The van der Waals surface area contributed by atoms with Gasteiger partial charge in [0.25, 0.3) is 5.69 Å². The normalized spacial score (nSPS) is 17.9. The second-order valence-electron chi connectivity index (χ2n) is 7.57. The fourth-order valence-corrected chi connectivity index (χ4v) is 5.73. The van der Waals surface area contributed by atoms with E-state index in [0.717, 1.165) is 11.4 Å². The van der Waals surface area contributed by atoms with E-state index in [1.54, 1.807) is 13.2 Å². The van der Waals surface area contributed by atoms with Crippen LogP contribution in [0.4, 0.5) is 17.1 Å². The van der Waals surface area contributed by atoms with Gasteiger partial charge in [-0.1, -0.05) is 12.1 Å². The number of sulfonamides is 1. The standard InChI is InChI=1S/C21H26N4O6S/c1-30-20-5-3-2-4-18(20)22-8-10-23(11-9-22)19-7-6-17(25(26)27)16-21(19)32(28,29)24-12-14-31-15-13-24/h2-7,16H,8-15H2,1H3. The van der Waals surface area contributed by atoms with E-state index in [9.17, 15) is 18.5 Å². The van der Waals surface area contributed by atoms with Crippen molar-refractivity contribution in [2.24, 2.45) is 0 Å². The van der Waals surface area contributed by atoms with E-state index < -0.39 is 14.9 Å². The van der Waals surface area contributed by atoms with Gasteiger partial charge in [0.2, 0.25) is 10.0 Å². The predicted molar refractivity (Wildman–Crippen MR) is 120 cm³/mol. The zero-order valence-corrected chi connectivity index (χ0v) is 18.7. The summed E-state index contributed by atoms with van der Waals surface area (Å²) in [5, 5.41) is 11.3. The molecule has 0 saturated carbocycles. The summed E-state index contributed by atoms with van der Waals surface area (Å²) in [5.41, 5.74) is 1.23. The Hall–Kier alpha value is -2.89. The molecule has 10 nitrogen and oxygen atoms in total. The minimum atomic E-state index is -3.90. The van der Waals surface area contributed by atoms with Crippen molar-refractivity contribution in [2.45, 2.75) is 4.90 Å². The van der Waals surface area contributed by atoms with E-state index in [1.807, 2.05) is 29.2 Å². The number of nitro groups is 1. The average molecular weight is 463 g/mol. The Kier molecular flexibility index (Phi) is 6.49. The number of piperazine rings is 1. The number of ether oxygens (including phenoxy) is 2. The molecule has 0 aliphatic carbocycles. The summed E-state index contributed by atoms with van der Waals surface area (Å²) in [6, 6.07) is 11.8. The molecule has 0 N–H and O–H groups in total.